The molecule has 2 rings (SSSR count). The summed E-state index contributed by atoms with van der Waals surface area (Å²) in [6, 6.07) is 1.29. The summed E-state index contributed by atoms with van der Waals surface area (Å²) in [6.45, 7) is 0. The summed E-state index contributed by atoms with van der Waals surface area (Å²) in [6.07, 6.45) is 5.36. The van der Waals surface area contributed by atoms with Crippen LogP contribution in [0.1, 0.15) is 25.7 Å². The lowest BCUT2D eigenvalue weighted by Gasteiger charge is -2.62. The van der Waals surface area contributed by atoms with Crippen LogP contribution in [0.15, 0.2) is 0 Å². The van der Waals surface area contributed by atoms with Gasteiger partial charge in [0.1, 0.15) is 0 Å². The normalized spacial score (nSPS) is 40.4. The van der Waals surface area contributed by atoms with Crippen molar-refractivity contribution in [2.24, 2.45) is 11.1 Å². The maximum Gasteiger partial charge on any atom is 0.0175 e. The van der Waals surface area contributed by atoms with E-state index >= 15 is 0 Å². The van der Waals surface area contributed by atoms with E-state index in [4.69, 9.17) is 5.73 Å². The fraction of sp³-hybridized carbons (Fsp3) is 1.00. The molecule has 0 aromatic heterocycles. The topological polar surface area (TPSA) is 29.3 Å². The van der Waals surface area contributed by atoms with Gasteiger partial charge in [-0.3, -0.25) is 0 Å². The number of nitrogens with zero attached hydrogens (tertiary/aromatic N) is 1. The SMILES string of the molecule is CN(C)[C@@H]1C[C@H](N)C12CCC2. The number of rotatable bonds is 1. The second-order valence-electron chi connectivity index (χ2n) is 4.41. The Morgan fingerprint density at radius 1 is 1.36 bits per heavy atom. The predicted octanol–water partition coefficient (Wildman–Crippen LogP) is 0.818. The highest BCUT2D eigenvalue weighted by molar-refractivity contribution is 5.13. The summed E-state index contributed by atoms with van der Waals surface area (Å²) in [7, 11) is 4.35. The molecule has 64 valence electrons. The number of nitrogens with two attached hydrogens (primary N) is 1. The minimum Gasteiger partial charge on any atom is -0.327 e. The van der Waals surface area contributed by atoms with Crippen LogP contribution in [0.4, 0.5) is 0 Å². The second-order valence-corrected chi connectivity index (χ2v) is 4.41. The van der Waals surface area contributed by atoms with E-state index in [1.807, 2.05) is 0 Å². The monoisotopic (exact) mass is 154 g/mol. The molecule has 2 fully saturated rings. The lowest BCUT2D eigenvalue weighted by molar-refractivity contribution is -0.0861. The molecule has 2 N–H and O–H groups in total. The van der Waals surface area contributed by atoms with Gasteiger partial charge in [0.2, 0.25) is 0 Å². The van der Waals surface area contributed by atoms with Crippen molar-refractivity contribution in [3.05, 3.63) is 0 Å². The molecule has 2 aliphatic rings. The molecule has 0 heterocycles. The minimum atomic E-state index is 0.503. The zero-order valence-corrected chi connectivity index (χ0v) is 7.51. The Balaban J connectivity index is 2.05. The van der Waals surface area contributed by atoms with E-state index in [0.29, 0.717) is 11.5 Å². The highest BCUT2D eigenvalue weighted by Crippen LogP contribution is 2.56. The van der Waals surface area contributed by atoms with Gasteiger partial charge < -0.3 is 10.6 Å². The summed E-state index contributed by atoms with van der Waals surface area (Å²) < 4.78 is 0. The molecule has 2 nitrogen and oxygen atoms in total. The van der Waals surface area contributed by atoms with Gasteiger partial charge in [-0.25, -0.2) is 0 Å². The summed E-state index contributed by atoms with van der Waals surface area (Å²) in [5.74, 6) is 0. The smallest absolute Gasteiger partial charge is 0.0175 e. The Bertz CT molecular complexity index is 161. The highest BCUT2D eigenvalue weighted by Gasteiger charge is 2.57. The molecule has 0 radical (unpaired) electrons. The Labute approximate surface area is 68.7 Å². The van der Waals surface area contributed by atoms with Gasteiger partial charge in [0.05, 0.1) is 0 Å². The van der Waals surface area contributed by atoms with Crippen LogP contribution in [-0.2, 0) is 0 Å². The molecule has 0 saturated heterocycles. The maximum absolute atomic E-state index is 6.02. The summed E-state index contributed by atoms with van der Waals surface area (Å²) in [5.41, 5.74) is 6.57. The quantitative estimate of drug-likeness (QED) is 0.606. The first kappa shape index (κ1) is 7.56. The van der Waals surface area contributed by atoms with Crippen molar-refractivity contribution < 1.29 is 0 Å². The third-order valence-corrected chi connectivity index (χ3v) is 3.79. The van der Waals surface area contributed by atoms with Crippen LogP contribution < -0.4 is 5.73 Å². The molecule has 0 aliphatic heterocycles. The molecular weight excluding hydrogens is 136 g/mol. The van der Waals surface area contributed by atoms with E-state index in [-0.39, 0.29) is 0 Å². The van der Waals surface area contributed by atoms with E-state index in [1.54, 1.807) is 0 Å². The molecule has 0 aromatic rings. The lowest BCUT2D eigenvalue weighted by Crippen LogP contribution is -2.68. The van der Waals surface area contributed by atoms with Gasteiger partial charge in [-0.2, -0.15) is 0 Å². The van der Waals surface area contributed by atoms with Crippen LogP contribution in [0.5, 0.6) is 0 Å². The predicted molar refractivity (Wildman–Crippen MR) is 46.4 cm³/mol. The van der Waals surface area contributed by atoms with Crippen molar-refractivity contribution in [1.82, 2.24) is 4.90 Å². The minimum absolute atomic E-state index is 0.503. The van der Waals surface area contributed by atoms with Crippen molar-refractivity contribution in [2.45, 2.75) is 37.8 Å². The van der Waals surface area contributed by atoms with Crippen LogP contribution in [0.3, 0.4) is 0 Å². The molecule has 0 amide bonds. The lowest BCUT2D eigenvalue weighted by atomic mass is 9.50. The maximum atomic E-state index is 6.02. The largest absolute Gasteiger partial charge is 0.327 e. The first-order valence-corrected chi connectivity index (χ1v) is 4.59. The van der Waals surface area contributed by atoms with E-state index in [1.165, 1.54) is 25.7 Å². The molecule has 0 aromatic carbocycles. The van der Waals surface area contributed by atoms with Crippen LogP contribution in [0.25, 0.3) is 0 Å². The van der Waals surface area contributed by atoms with E-state index in [0.717, 1.165) is 6.04 Å². The Morgan fingerprint density at radius 2 is 2.00 bits per heavy atom. The first-order valence-electron chi connectivity index (χ1n) is 4.59. The van der Waals surface area contributed by atoms with E-state index in [2.05, 4.69) is 19.0 Å². The summed E-state index contributed by atoms with van der Waals surface area (Å²) in [4.78, 5) is 2.35. The molecule has 11 heavy (non-hydrogen) atoms. The van der Waals surface area contributed by atoms with Crippen LogP contribution >= 0.6 is 0 Å². The first-order chi connectivity index (χ1) is 5.17. The van der Waals surface area contributed by atoms with Gasteiger partial charge in [0, 0.05) is 17.5 Å². The van der Waals surface area contributed by atoms with Crippen LogP contribution in [0.2, 0.25) is 0 Å². The van der Waals surface area contributed by atoms with Gasteiger partial charge >= 0.3 is 0 Å². The van der Waals surface area contributed by atoms with Gasteiger partial charge in [0.15, 0.2) is 0 Å². The van der Waals surface area contributed by atoms with Crippen molar-refractivity contribution in [3.8, 4) is 0 Å². The molecular formula is C9H18N2. The van der Waals surface area contributed by atoms with Gasteiger partial charge in [-0.1, -0.05) is 6.42 Å². The third-order valence-electron chi connectivity index (χ3n) is 3.79. The van der Waals surface area contributed by atoms with E-state index in [9.17, 15) is 0 Å². The third kappa shape index (κ3) is 0.798. The van der Waals surface area contributed by atoms with Crippen molar-refractivity contribution >= 4 is 0 Å². The fourth-order valence-electron chi connectivity index (χ4n) is 2.81. The summed E-state index contributed by atoms with van der Waals surface area (Å²) >= 11 is 0. The van der Waals surface area contributed by atoms with Gasteiger partial charge in [-0.15, -0.1) is 0 Å². The Morgan fingerprint density at radius 3 is 2.18 bits per heavy atom. The molecule has 2 aliphatic carbocycles. The molecule has 2 heteroatoms. The van der Waals surface area contributed by atoms with Crippen LogP contribution in [0, 0.1) is 5.41 Å². The van der Waals surface area contributed by atoms with Crippen molar-refractivity contribution in [2.75, 3.05) is 14.1 Å². The van der Waals surface area contributed by atoms with E-state index < -0.39 is 0 Å². The summed E-state index contributed by atoms with van der Waals surface area (Å²) in [5, 5.41) is 0. The number of hydrogen-bond acceptors (Lipinski definition) is 2. The average Bonchev–Trinajstić information content (AvgIpc) is 1.78. The Kier molecular flexibility index (Phi) is 1.52. The molecule has 1 spiro atoms. The molecule has 2 saturated carbocycles. The zero-order valence-electron chi connectivity index (χ0n) is 7.51. The second kappa shape index (κ2) is 2.20. The molecule has 0 unspecified atom stereocenters. The standard InChI is InChI=1S/C9H18N2/c1-11(2)8-6-7(10)9(8)4-3-5-9/h7-8H,3-6,10H2,1-2H3/t7-,8+/m0/s1. The molecule has 2 atom stereocenters. The average molecular weight is 154 g/mol. The van der Waals surface area contributed by atoms with Crippen molar-refractivity contribution in [1.29, 1.82) is 0 Å². The molecule has 0 bridgehead atoms. The van der Waals surface area contributed by atoms with Gasteiger partial charge in [-0.05, 0) is 33.4 Å². The van der Waals surface area contributed by atoms with Crippen molar-refractivity contribution in [3.63, 3.8) is 0 Å². The Hall–Kier alpha value is -0.0800. The highest BCUT2D eigenvalue weighted by atomic mass is 15.1. The van der Waals surface area contributed by atoms with Gasteiger partial charge in [0.25, 0.3) is 0 Å². The zero-order chi connectivity index (χ0) is 8.06. The number of hydrogen-bond donors (Lipinski definition) is 1. The van der Waals surface area contributed by atoms with Crippen LogP contribution in [-0.4, -0.2) is 31.1 Å². The fourth-order valence-corrected chi connectivity index (χ4v) is 2.81.